The number of ether oxygens (including phenoxy) is 2. The van der Waals surface area contributed by atoms with Crippen molar-refractivity contribution in [2.45, 2.75) is 13.3 Å². The standard InChI is InChI=1S/C14H18ClNO4/c1-3-19-14(18)10-16(2)13(17)8-9-20-12-7-5-4-6-11(12)15/h4-7H,3,8-10H2,1-2H3. The van der Waals surface area contributed by atoms with Gasteiger partial charge in [-0.2, -0.15) is 0 Å². The second-order valence-corrected chi connectivity index (χ2v) is 4.49. The first kappa shape index (κ1) is 16.3. The molecule has 1 amide bonds. The molecule has 0 unspecified atom stereocenters. The van der Waals surface area contributed by atoms with E-state index in [-0.39, 0.29) is 25.5 Å². The van der Waals surface area contributed by atoms with Crippen molar-refractivity contribution in [1.29, 1.82) is 0 Å². The number of halogens is 1. The van der Waals surface area contributed by atoms with E-state index in [1.165, 1.54) is 4.90 Å². The predicted molar refractivity (Wildman–Crippen MR) is 75.8 cm³/mol. The first-order chi connectivity index (χ1) is 9.54. The molecule has 0 aromatic heterocycles. The molecule has 0 aliphatic carbocycles. The highest BCUT2D eigenvalue weighted by Gasteiger charge is 2.13. The number of para-hydroxylation sites is 1. The first-order valence-corrected chi connectivity index (χ1v) is 6.69. The number of rotatable bonds is 7. The highest BCUT2D eigenvalue weighted by molar-refractivity contribution is 6.32. The van der Waals surface area contributed by atoms with Gasteiger partial charge in [0.15, 0.2) is 0 Å². The summed E-state index contributed by atoms with van der Waals surface area (Å²) < 4.78 is 10.2. The molecule has 1 aromatic carbocycles. The van der Waals surface area contributed by atoms with Gasteiger partial charge in [0.05, 0.1) is 24.7 Å². The van der Waals surface area contributed by atoms with E-state index in [1.54, 1.807) is 38.2 Å². The molecule has 0 aliphatic heterocycles. The number of carbonyl (C=O) groups is 2. The smallest absolute Gasteiger partial charge is 0.325 e. The topological polar surface area (TPSA) is 55.8 Å². The van der Waals surface area contributed by atoms with E-state index in [9.17, 15) is 9.59 Å². The van der Waals surface area contributed by atoms with Crippen LogP contribution >= 0.6 is 11.6 Å². The number of amides is 1. The molecule has 0 fully saturated rings. The maximum absolute atomic E-state index is 11.8. The largest absolute Gasteiger partial charge is 0.491 e. The molecule has 0 saturated heterocycles. The minimum atomic E-state index is -0.421. The summed E-state index contributed by atoms with van der Waals surface area (Å²) in [6.45, 7) is 2.17. The average molecular weight is 300 g/mol. The van der Waals surface area contributed by atoms with Gasteiger partial charge in [0.25, 0.3) is 0 Å². The Morgan fingerprint density at radius 2 is 2.00 bits per heavy atom. The first-order valence-electron chi connectivity index (χ1n) is 6.31. The van der Waals surface area contributed by atoms with E-state index in [1.807, 2.05) is 0 Å². The van der Waals surface area contributed by atoms with E-state index >= 15 is 0 Å². The minimum absolute atomic E-state index is 0.0568. The van der Waals surface area contributed by atoms with Crippen molar-refractivity contribution in [3.05, 3.63) is 29.3 Å². The number of carbonyl (C=O) groups excluding carboxylic acids is 2. The van der Waals surface area contributed by atoms with Gasteiger partial charge in [0.1, 0.15) is 12.3 Å². The lowest BCUT2D eigenvalue weighted by Gasteiger charge is -2.16. The molecule has 110 valence electrons. The lowest BCUT2D eigenvalue weighted by molar-refractivity contribution is -0.148. The Bertz CT molecular complexity index is 464. The number of hydrogen-bond acceptors (Lipinski definition) is 4. The van der Waals surface area contributed by atoms with Crippen molar-refractivity contribution in [2.24, 2.45) is 0 Å². The molecule has 0 bridgehead atoms. The summed E-state index contributed by atoms with van der Waals surface area (Å²) in [6, 6.07) is 7.05. The van der Waals surface area contributed by atoms with E-state index in [0.29, 0.717) is 17.4 Å². The van der Waals surface area contributed by atoms with E-state index < -0.39 is 5.97 Å². The van der Waals surface area contributed by atoms with Gasteiger partial charge < -0.3 is 14.4 Å². The van der Waals surface area contributed by atoms with Crippen LogP contribution in [0.1, 0.15) is 13.3 Å². The average Bonchev–Trinajstić information content (AvgIpc) is 2.41. The van der Waals surface area contributed by atoms with Gasteiger partial charge in [0.2, 0.25) is 5.91 Å². The molecule has 1 rings (SSSR count). The quantitative estimate of drug-likeness (QED) is 0.724. The Labute approximate surface area is 123 Å². The van der Waals surface area contributed by atoms with Crippen molar-refractivity contribution in [3.63, 3.8) is 0 Å². The molecule has 0 radical (unpaired) electrons. The maximum atomic E-state index is 11.8. The third kappa shape index (κ3) is 5.48. The third-order valence-corrected chi connectivity index (χ3v) is 2.82. The number of hydrogen-bond donors (Lipinski definition) is 0. The molecule has 0 atom stereocenters. The van der Waals surface area contributed by atoms with Crippen LogP contribution in [0.15, 0.2) is 24.3 Å². The summed E-state index contributed by atoms with van der Waals surface area (Å²) >= 11 is 5.92. The van der Waals surface area contributed by atoms with Crippen molar-refractivity contribution >= 4 is 23.5 Å². The number of benzene rings is 1. The summed E-state index contributed by atoms with van der Waals surface area (Å²) in [5, 5.41) is 0.500. The van der Waals surface area contributed by atoms with Gasteiger partial charge in [-0.3, -0.25) is 9.59 Å². The van der Waals surface area contributed by atoms with Crippen molar-refractivity contribution in [2.75, 3.05) is 26.8 Å². The highest BCUT2D eigenvalue weighted by Crippen LogP contribution is 2.23. The van der Waals surface area contributed by atoms with Gasteiger partial charge >= 0.3 is 5.97 Å². The third-order valence-electron chi connectivity index (χ3n) is 2.51. The van der Waals surface area contributed by atoms with Crippen LogP contribution in [0.25, 0.3) is 0 Å². The van der Waals surface area contributed by atoms with Crippen LogP contribution in [-0.4, -0.2) is 43.6 Å². The zero-order valence-corrected chi connectivity index (χ0v) is 12.4. The molecule has 0 saturated carbocycles. The van der Waals surface area contributed by atoms with Gasteiger partial charge in [-0.05, 0) is 19.1 Å². The zero-order valence-electron chi connectivity index (χ0n) is 11.6. The van der Waals surface area contributed by atoms with Crippen molar-refractivity contribution in [3.8, 4) is 5.75 Å². The van der Waals surface area contributed by atoms with Crippen molar-refractivity contribution in [1.82, 2.24) is 4.90 Å². The predicted octanol–water partition coefficient (Wildman–Crippen LogP) is 2.13. The minimum Gasteiger partial charge on any atom is -0.491 e. The second-order valence-electron chi connectivity index (χ2n) is 4.08. The fourth-order valence-electron chi connectivity index (χ4n) is 1.49. The number of nitrogens with zero attached hydrogens (tertiary/aromatic N) is 1. The van der Waals surface area contributed by atoms with Gasteiger partial charge in [-0.1, -0.05) is 23.7 Å². The van der Waals surface area contributed by atoms with E-state index in [0.717, 1.165) is 0 Å². The van der Waals surface area contributed by atoms with Gasteiger partial charge in [-0.15, -0.1) is 0 Å². The molecule has 1 aromatic rings. The van der Waals surface area contributed by atoms with Crippen LogP contribution in [0, 0.1) is 0 Å². The van der Waals surface area contributed by atoms with Gasteiger partial charge in [-0.25, -0.2) is 0 Å². The molecule has 20 heavy (non-hydrogen) atoms. The van der Waals surface area contributed by atoms with Crippen LogP contribution in [0.2, 0.25) is 5.02 Å². The molecule has 0 N–H and O–H groups in total. The summed E-state index contributed by atoms with van der Waals surface area (Å²) in [5.41, 5.74) is 0. The fourth-order valence-corrected chi connectivity index (χ4v) is 1.68. The highest BCUT2D eigenvalue weighted by atomic mass is 35.5. The van der Waals surface area contributed by atoms with Crippen LogP contribution in [0.4, 0.5) is 0 Å². The molecular formula is C14H18ClNO4. The lowest BCUT2D eigenvalue weighted by atomic mass is 10.3. The zero-order chi connectivity index (χ0) is 15.0. The maximum Gasteiger partial charge on any atom is 0.325 e. The number of esters is 1. The summed E-state index contributed by atoms with van der Waals surface area (Å²) in [6.07, 6.45) is 0.168. The van der Waals surface area contributed by atoms with Gasteiger partial charge in [0, 0.05) is 7.05 Å². The summed E-state index contributed by atoms with van der Waals surface area (Å²) in [5.74, 6) is -0.0736. The molecule has 6 heteroatoms. The SMILES string of the molecule is CCOC(=O)CN(C)C(=O)CCOc1ccccc1Cl. The lowest BCUT2D eigenvalue weighted by Crippen LogP contribution is -2.33. The Morgan fingerprint density at radius 1 is 1.30 bits per heavy atom. The molecule has 0 aliphatic rings. The van der Waals surface area contributed by atoms with Crippen LogP contribution in [-0.2, 0) is 14.3 Å². The second kappa shape index (κ2) is 8.43. The summed E-state index contributed by atoms with van der Waals surface area (Å²) in [7, 11) is 1.55. The molecule has 5 nitrogen and oxygen atoms in total. The molecule has 0 heterocycles. The Kier molecular flexibility index (Phi) is 6.87. The summed E-state index contributed by atoms with van der Waals surface area (Å²) in [4.78, 5) is 24.3. The van der Waals surface area contributed by atoms with Crippen LogP contribution in [0.5, 0.6) is 5.75 Å². The Balaban J connectivity index is 2.32. The Morgan fingerprint density at radius 3 is 2.65 bits per heavy atom. The molecular weight excluding hydrogens is 282 g/mol. The Hall–Kier alpha value is -1.75. The normalized spacial score (nSPS) is 9.95. The van der Waals surface area contributed by atoms with Crippen LogP contribution < -0.4 is 4.74 Å². The monoisotopic (exact) mass is 299 g/mol. The number of likely N-dealkylation sites (N-methyl/N-ethyl adjacent to an activating group) is 1. The van der Waals surface area contributed by atoms with E-state index in [4.69, 9.17) is 21.1 Å². The van der Waals surface area contributed by atoms with Crippen LogP contribution in [0.3, 0.4) is 0 Å². The van der Waals surface area contributed by atoms with E-state index in [2.05, 4.69) is 0 Å². The van der Waals surface area contributed by atoms with Crippen molar-refractivity contribution < 1.29 is 19.1 Å². The molecule has 0 spiro atoms. The fraction of sp³-hybridized carbons (Fsp3) is 0.429.